The van der Waals surface area contributed by atoms with E-state index in [-0.39, 0.29) is 5.91 Å². The van der Waals surface area contributed by atoms with Crippen molar-refractivity contribution in [2.24, 2.45) is 0 Å². The molecule has 1 aliphatic heterocycles. The predicted molar refractivity (Wildman–Crippen MR) is 104 cm³/mol. The van der Waals surface area contributed by atoms with Gasteiger partial charge < -0.3 is 20.1 Å². The van der Waals surface area contributed by atoms with Gasteiger partial charge in [-0.05, 0) is 42.3 Å². The summed E-state index contributed by atoms with van der Waals surface area (Å²) in [6.45, 7) is 2.80. The summed E-state index contributed by atoms with van der Waals surface area (Å²) < 4.78 is 11.1. The van der Waals surface area contributed by atoms with Crippen LogP contribution in [0.25, 0.3) is 6.08 Å². The van der Waals surface area contributed by atoms with Crippen LogP contribution in [0.5, 0.6) is 11.5 Å². The maximum absolute atomic E-state index is 13.0. The fourth-order valence-corrected chi connectivity index (χ4v) is 2.92. The Hall–Kier alpha value is -2.95. The van der Waals surface area contributed by atoms with Gasteiger partial charge in [-0.25, -0.2) is 0 Å². The highest BCUT2D eigenvalue weighted by Gasteiger charge is 2.30. The second kappa shape index (κ2) is 7.95. The predicted octanol–water partition coefficient (Wildman–Crippen LogP) is 4.23. The lowest BCUT2D eigenvalue weighted by atomic mass is 10.1. The van der Waals surface area contributed by atoms with Crippen LogP contribution in [0.2, 0.25) is 0 Å². The highest BCUT2D eigenvalue weighted by atomic mass is 16.5. The summed E-state index contributed by atoms with van der Waals surface area (Å²) >= 11 is 0. The van der Waals surface area contributed by atoms with E-state index in [0.717, 1.165) is 36.3 Å². The molecule has 0 aromatic heterocycles. The molecular weight excluding hydrogens is 328 g/mol. The first-order valence-corrected chi connectivity index (χ1v) is 8.87. The molecule has 0 saturated heterocycles. The Balaban J connectivity index is 1.93. The first-order valence-electron chi connectivity index (χ1n) is 8.87. The Labute approximate surface area is 154 Å². The van der Waals surface area contributed by atoms with E-state index in [4.69, 9.17) is 15.2 Å². The molecule has 26 heavy (non-hydrogen) atoms. The number of unbranched alkanes of at least 4 members (excludes halogenated alkanes) is 2. The molecule has 0 unspecified atom stereocenters. The molecule has 5 heteroatoms. The average Bonchev–Trinajstić information content (AvgIpc) is 2.65. The number of carbonyl (C=O) groups is 1. The third-order valence-electron chi connectivity index (χ3n) is 4.35. The molecule has 0 bridgehead atoms. The van der Waals surface area contributed by atoms with Gasteiger partial charge in [-0.1, -0.05) is 31.9 Å². The number of nitrogens with zero attached hydrogens (tertiary/aromatic N) is 1. The summed E-state index contributed by atoms with van der Waals surface area (Å²) in [5.74, 6) is 1.54. The SMILES string of the molecule is CCCCCN1C(=O)/C(=C\c2ccc(OC)cc2)Oc2cc(N)ccc21. The Morgan fingerprint density at radius 2 is 1.92 bits per heavy atom. The van der Waals surface area contributed by atoms with Gasteiger partial charge in [0.05, 0.1) is 12.8 Å². The van der Waals surface area contributed by atoms with E-state index in [2.05, 4.69) is 6.92 Å². The lowest BCUT2D eigenvalue weighted by Crippen LogP contribution is -2.38. The molecule has 1 aliphatic rings. The molecule has 136 valence electrons. The average molecular weight is 352 g/mol. The van der Waals surface area contributed by atoms with Gasteiger partial charge in [-0.15, -0.1) is 0 Å². The number of nitrogen functional groups attached to an aromatic ring is 1. The third kappa shape index (κ3) is 3.82. The molecule has 0 spiro atoms. The summed E-state index contributed by atoms with van der Waals surface area (Å²) in [6, 6.07) is 12.9. The number of fused-ring (bicyclic) bond motifs is 1. The maximum Gasteiger partial charge on any atom is 0.294 e. The van der Waals surface area contributed by atoms with Crippen LogP contribution in [0, 0.1) is 0 Å². The number of ether oxygens (including phenoxy) is 2. The van der Waals surface area contributed by atoms with Gasteiger partial charge in [-0.2, -0.15) is 0 Å². The molecule has 1 heterocycles. The van der Waals surface area contributed by atoms with Crippen molar-refractivity contribution in [1.82, 2.24) is 0 Å². The third-order valence-corrected chi connectivity index (χ3v) is 4.35. The van der Waals surface area contributed by atoms with Crippen LogP contribution in [-0.4, -0.2) is 19.6 Å². The minimum absolute atomic E-state index is 0.130. The number of methoxy groups -OCH3 is 1. The van der Waals surface area contributed by atoms with Gasteiger partial charge in [-0.3, -0.25) is 4.79 Å². The molecule has 2 N–H and O–H groups in total. The second-order valence-electron chi connectivity index (χ2n) is 6.27. The molecule has 5 nitrogen and oxygen atoms in total. The topological polar surface area (TPSA) is 64.8 Å². The Morgan fingerprint density at radius 1 is 1.15 bits per heavy atom. The van der Waals surface area contributed by atoms with E-state index in [1.165, 1.54) is 0 Å². The Morgan fingerprint density at radius 3 is 2.62 bits per heavy atom. The van der Waals surface area contributed by atoms with Crippen molar-refractivity contribution >= 4 is 23.4 Å². The zero-order valence-electron chi connectivity index (χ0n) is 15.2. The zero-order valence-corrected chi connectivity index (χ0v) is 15.2. The molecule has 3 rings (SSSR count). The van der Waals surface area contributed by atoms with Crippen LogP contribution in [0.1, 0.15) is 31.7 Å². The largest absolute Gasteiger partial charge is 0.497 e. The molecule has 2 aromatic carbocycles. The van der Waals surface area contributed by atoms with E-state index in [0.29, 0.717) is 23.7 Å². The molecule has 1 amide bonds. The van der Waals surface area contributed by atoms with E-state index in [9.17, 15) is 4.79 Å². The minimum Gasteiger partial charge on any atom is -0.497 e. The molecule has 2 aromatic rings. The van der Waals surface area contributed by atoms with Crippen molar-refractivity contribution in [1.29, 1.82) is 0 Å². The fraction of sp³-hybridized carbons (Fsp3) is 0.286. The standard InChI is InChI=1S/C21H24N2O3/c1-3-4-5-12-23-18-11-8-16(22)14-19(18)26-20(21(23)24)13-15-6-9-17(25-2)10-7-15/h6-11,13-14H,3-5,12,22H2,1-2H3/b20-13+. The van der Waals surface area contributed by atoms with Crippen molar-refractivity contribution in [2.45, 2.75) is 26.2 Å². The van der Waals surface area contributed by atoms with Gasteiger partial charge in [0.1, 0.15) is 5.75 Å². The van der Waals surface area contributed by atoms with Crippen molar-refractivity contribution in [3.63, 3.8) is 0 Å². The zero-order chi connectivity index (χ0) is 18.5. The number of nitrogens with two attached hydrogens (primary N) is 1. The van der Waals surface area contributed by atoms with Crippen LogP contribution in [-0.2, 0) is 4.79 Å². The van der Waals surface area contributed by atoms with E-state index < -0.39 is 0 Å². The maximum atomic E-state index is 13.0. The summed E-state index contributed by atoms with van der Waals surface area (Å²) in [6.07, 6.45) is 4.87. The number of carbonyl (C=O) groups excluding carboxylic acids is 1. The number of hydrogen-bond donors (Lipinski definition) is 1. The van der Waals surface area contributed by atoms with Crippen LogP contribution < -0.4 is 20.1 Å². The second-order valence-corrected chi connectivity index (χ2v) is 6.27. The minimum atomic E-state index is -0.130. The summed E-state index contributed by atoms with van der Waals surface area (Å²) in [5.41, 5.74) is 8.14. The Bertz CT molecular complexity index is 813. The smallest absolute Gasteiger partial charge is 0.294 e. The number of hydrogen-bond acceptors (Lipinski definition) is 4. The lowest BCUT2D eigenvalue weighted by Gasteiger charge is -2.30. The highest BCUT2D eigenvalue weighted by Crippen LogP contribution is 2.37. The number of anilines is 2. The normalized spacial score (nSPS) is 14.9. The van der Waals surface area contributed by atoms with Gasteiger partial charge in [0, 0.05) is 18.3 Å². The lowest BCUT2D eigenvalue weighted by molar-refractivity contribution is -0.117. The number of rotatable bonds is 6. The van der Waals surface area contributed by atoms with Crippen molar-refractivity contribution in [3.05, 3.63) is 53.8 Å². The molecule has 0 radical (unpaired) electrons. The van der Waals surface area contributed by atoms with E-state index >= 15 is 0 Å². The summed E-state index contributed by atoms with van der Waals surface area (Å²) in [4.78, 5) is 14.8. The van der Waals surface area contributed by atoms with Crippen LogP contribution in [0.4, 0.5) is 11.4 Å². The molecule has 0 fully saturated rings. The molecular formula is C21H24N2O3. The quantitative estimate of drug-likeness (QED) is 0.480. The van der Waals surface area contributed by atoms with Gasteiger partial charge in [0.25, 0.3) is 5.91 Å². The summed E-state index contributed by atoms with van der Waals surface area (Å²) in [7, 11) is 1.62. The van der Waals surface area contributed by atoms with E-state index in [1.54, 1.807) is 30.2 Å². The van der Waals surface area contributed by atoms with Crippen LogP contribution in [0.15, 0.2) is 48.2 Å². The van der Waals surface area contributed by atoms with Crippen molar-refractivity contribution in [2.75, 3.05) is 24.3 Å². The van der Waals surface area contributed by atoms with Crippen LogP contribution in [0.3, 0.4) is 0 Å². The van der Waals surface area contributed by atoms with Crippen LogP contribution >= 0.6 is 0 Å². The first-order chi connectivity index (χ1) is 12.6. The molecule has 0 aliphatic carbocycles. The van der Waals surface area contributed by atoms with Gasteiger partial charge in [0.15, 0.2) is 11.5 Å². The first kappa shape index (κ1) is 17.9. The fourth-order valence-electron chi connectivity index (χ4n) is 2.92. The molecule has 0 atom stereocenters. The number of benzene rings is 2. The van der Waals surface area contributed by atoms with Crippen molar-refractivity contribution < 1.29 is 14.3 Å². The Kier molecular flexibility index (Phi) is 5.46. The monoisotopic (exact) mass is 352 g/mol. The number of amides is 1. The summed E-state index contributed by atoms with van der Waals surface area (Å²) in [5, 5.41) is 0. The van der Waals surface area contributed by atoms with Gasteiger partial charge in [0.2, 0.25) is 0 Å². The van der Waals surface area contributed by atoms with Gasteiger partial charge >= 0.3 is 0 Å². The van der Waals surface area contributed by atoms with Crippen molar-refractivity contribution in [3.8, 4) is 11.5 Å². The highest BCUT2D eigenvalue weighted by molar-refractivity contribution is 6.10. The molecule has 0 saturated carbocycles. The van der Waals surface area contributed by atoms with E-state index in [1.807, 2.05) is 30.3 Å².